The van der Waals surface area contributed by atoms with Gasteiger partial charge in [-0.05, 0) is 24.7 Å². The van der Waals surface area contributed by atoms with E-state index in [1.165, 1.54) is 0 Å². The molecule has 2 heterocycles. The molecule has 20 heavy (non-hydrogen) atoms. The molecule has 0 saturated heterocycles. The van der Waals surface area contributed by atoms with E-state index >= 15 is 0 Å². The smallest absolute Gasteiger partial charge is 0.215 e. The highest BCUT2D eigenvalue weighted by atomic mass is 32.2. The van der Waals surface area contributed by atoms with Gasteiger partial charge in [-0.1, -0.05) is 0 Å². The molecule has 0 radical (unpaired) electrons. The van der Waals surface area contributed by atoms with Gasteiger partial charge in [0.1, 0.15) is 0 Å². The first-order valence-electron chi connectivity index (χ1n) is 5.99. The third kappa shape index (κ3) is 3.56. The van der Waals surface area contributed by atoms with Crippen LogP contribution in [0.2, 0.25) is 0 Å². The summed E-state index contributed by atoms with van der Waals surface area (Å²) in [4.78, 5) is 7.40. The molecule has 9 heteroatoms. The zero-order chi connectivity index (χ0) is 14.8. The molecule has 0 aromatic carbocycles. The third-order valence-corrected chi connectivity index (χ3v) is 3.77. The van der Waals surface area contributed by atoms with Crippen LogP contribution in [0.5, 0.6) is 5.88 Å². The van der Waals surface area contributed by atoms with E-state index < -0.39 is 10.0 Å². The van der Waals surface area contributed by atoms with Gasteiger partial charge in [0, 0.05) is 19.2 Å². The second kappa shape index (κ2) is 5.90. The Hall–Kier alpha value is -1.45. The molecule has 0 aliphatic rings. The van der Waals surface area contributed by atoms with Gasteiger partial charge < -0.3 is 14.3 Å². The Morgan fingerprint density at radius 2 is 2.25 bits per heavy atom. The number of aromatic amines is 1. The quantitative estimate of drug-likeness (QED) is 0.614. The summed E-state index contributed by atoms with van der Waals surface area (Å²) >= 11 is 5.24. The van der Waals surface area contributed by atoms with E-state index in [0.717, 1.165) is 11.8 Å². The summed E-state index contributed by atoms with van der Waals surface area (Å²) < 4.78 is 31.9. The normalized spacial score (nSPS) is 11.9. The van der Waals surface area contributed by atoms with Gasteiger partial charge in [-0.15, -0.1) is 0 Å². The van der Waals surface area contributed by atoms with E-state index in [9.17, 15) is 8.42 Å². The molecule has 110 valence electrons. The zero-order valence-electron chi connectivity index (χ0n) is 11.2. The van der Waals surface area contributed by atoms with Crippen molar-refractivity contribution >= 4 is 33.4 Å². The number of fused-ring (bicyclic) bond motifs is 1. The molecule has 0 amide bonds. The van der Waals surface area contributed by atoms with Crippen LogP contribution in [0, 0.1) is 4.77 Å². The molecule has 7 nitrogen and oxygen atoms in total. The highest BCUT2D eigenvalue weighted by molar-refractivity contribution is 7.88. The Morgan fingerprint density at radius 1 is 1.50 bits per heavy atom. The Labute approximate surface area is 122 Å². The summed E-state index contributed by atoms with van der Waals surface area (Å²) in [5.74, 6) is 0.509. The van der Waals surface area contributed by atoms with Crippen LogP contribution in [-0.2, 0) is 16.6 Å². The van der Waals surface area contributed by atoms with Crippen molar-refractivity contribution in [1.82, 2.24) is 19.3 Å². The van der Waals surface area contributed by atoms with Gasteiger partial charge in [0.15, 0.2) is 10.4 Å². The van der Waals surface area contributed by atoms with Crippen molar-refractivity contribution in [3.05, 3.63) is 16.9 Å². The van der Waals surface area contributed by atoms with Crippen LogP contribution in [0.4, 0.5) is 0 Å². The number of aromatic nitrogens is 3. The van der Waals surface area contributed by atoms with Gasteiger partial charge in [0.05, 0.1) is 18.9 Å². The fourth-order valence-electron chi connectivity index (χ4n) is 1.83. The number of methoxy groups -OCH3 is 1. The molecule has 0 bridgehead atoms. The summed E-state index contributed by atoms with van der Waals surface area (Å²) in [7, 11) is -1.61. The minimum absolute atomic E-state index is 0.358. The zero-order valence-corrected chi connectivity index (χ0v) is 12.8. The summed E-state index contributed by atoms with van der Waals surface area (Å²) in [6.07, 6.45) is 1.75. The summed E-state index contributed by atoms with van der Waals surface area (Å²) in [5.41, 5.74) is 1.53. The largest absolute Gasteiger partial charge is 0.481 e. The number of aryl methyl sites for hydroxylation is 1. The summed E-state index contributed by atoms with van der Waals surface area (Å²) in [6, 6.07) is 3.60. The van der Waals surface area contributed by atoms with Crippen molar-refractivity contribution < 1.29 is 13.2 Å². The number of sulfonamides is 1. The van der Waals surface area contributed by atoms with Crippen LogP contribution in [-0.4, -0.2) is 42.9 Å². The Bertz CT molecular complexity index is 764. The van der Waals surface area contributed by atoms with E-state index in [4.69, 9.17) is 17.0 Å². The van der Waals surface area contributed by atoms with E-state index in [2.05, 4.69) is 14.7 Å². The Morgan fingerprint density at radius 3 is 2.90 bits per heavy atom. The maximum Gasteiger partial charge on any atom is 0.215 e. The van der Waals surface area contributed by atoms with Gasteiger partial charge in [-0.25, -0.2) is 13.1 Å². The van der Waals surface area contributed by atoms with E-state index in [1.54, 1.807) is 13.2 Å². The van der Waals surface area contributed by atoms with Crippen LogP contribution in [0.3, 0.4) is 0 Å². The highest BCUT2D eigenvalue weighted by Gasteiger charge is 2.07. The maximum atomic E-state index is 11.0. The molecule has 2 aromatic rings. The standard InChI is InChI=1S/C11H16N4O3S2/c1-18-9-5-4-8-10(14-9)15(11(19)13-8)7-3-6-12-20(2,16)17/h4-5,12H,3,6-7H2,1-2H3,(H,13,19). The van der Waals surface area contributed by atoms with Gasteiger partial charge in [-0.3, -0.25) is 0 Å². The SMILES string of the molecule is COc1ccc2[nH]c(=S)n(CCCNS(C)(=O)=O)c2n1. The third-order valence-electron chi connectivity index (χ3n) is 2.72. The number of nitrogens with zero attached hydrogens (tertiary/aromatic N) is 2. The molecule has 0 aliphatic carbocycles. The van der Waals surface area contributed by atoms with Crippen molar-refractivity contribution in [2.45, 2.75) is 13.0 Å². The van der Waals surface area contributed by atoms with Crippen LogP contribution in [0.1, 0.15) is 6.42 Å². The van der Waals surface area contributed by atoms with Crippen LogP contribution in [0.15, 0.2) is 12.1 Å². The molecular formula is C11H16N4O3S2. The number of pyridine rings is 1. The van der Waals surface area contributed by atoms with Crippen LogP contribution >= 0.6 is 12.2 Å². The lowest BCUT2D eigenvalue weighted by atomic mass is 10.4. The molecule has 0 spiro atoms. The van der Waals surface area contributed by atoms with Gasteiger partial charge in [-0.2, -0.15) is 4.98 Å². The second-order valence-electron chi connectivity index (χ2n) is 4.33. The van der Waals surface area contributed by atoms with Crippen molar-refractivity contribution in [2.75, 3.05) is 19.9 Å². The Balaban J connectivity index is 2.16. The fraction of sp³-hybridized carbons (Fsp3) is 0.455. The predicted molar refractivity (Wildman–Crippen MR) is 78.9 cm³/mol. The highest BCUT2D eigenvalue weighted by Crippen LogP contribution is 2.16. The average molecular weight is 316 g/mol. The number of hydrogen-bond acceptors (Lipinski definition) is 5. The molecule has 0 atom stereocenters. The molecule has 0 saturated carbocycles. The lowest BCUT2D eigenvalue weighted by Crippen LogP contribution is -2.23. The van der Waals surface area contributed by atoms with Crippen molar-refractivity contribution in [2.24, 2.45) is 0 Å². The minimum Gasteiger partial charge on any atom is -0.481 e. The molecule has 0 aliphatic heterocycles. The lowest BCUT2D eigenvalue weighted by Gasteiger charge is -2.05. The molecule has 2 aromatic heterocycles. The number of imidazole rings is 1. The number of ether oxygens (including phenoxy) is 1. The molecule has 0 unspecified atom stereocenters. The van der Waals surface area contributed by atoms with E-state index in [1.807, 2.05) is 10.6 Å². The molecule has 2 N–H and O–H groups in total. The molecule has 2 rings (SSSR count). The maximum absolute atomic E-state index is 11.0. The molecular weight excluding hydrogens is 300 g/mol. The predicted octanol–water partition coefficient (Wildman–Crippen LogP) is 1.04. The van der Waals surface area contributed by atoms with E-state index in [-0.39, 0.29) is 0 Å². The van der Waals surface area contributed by atoms with Gasteiger partial charge >= 0.3 is 0 Å². The first-order chi connectivity index (χ1) is 9.40. The van der Waals surface area contributed by atoms with Crippen LogP contribution in [0.25, 0.3) is 11.2 Å². The summed E-state index contributed by atoms with van der Waals surface area (Å²) in [5, 5.41) is 0. The number of rotatable bonds is 6. The topological polar surface area (TPSA) is 89.0 Å². The van der Waals surface area contributed by atoms with E-state index in [0.29, 0.717) is 35.8 Å². The number of H-pyrrole nitrogens is 1. The Kier molecular flexibility index (Phi) is 4.41. The van der Waals surface area contributed by atoms with Crippen molar-refractivity contribution in [3.8, 4) is 5.88 Å². The number of hydrogen-bond donors (Lipinski definition) is 2. The minimum atomic E-state index is -3.16. The lowest BCUT2D eigenvalue weighted by molar-refractivity contribution is 0.399. The fourth-order valence-corrected chi connectivity index (χ4v) is 2.63. The molecule has 0 fully saturated rings. The van der Waals surface area contributed by atoms with Crippen molar-refractivity contribution in [3.63, 3.8) is 0 Å². The van der Waals surface area contributed by atoms with Crippen LogP contribution < -0.4 is 9.46 Å². The first-order valence-corrected chi connectivity index (χ1v) is 8.29. The monoisotopic (exact) mass is 316 g/mol. The van der Waals surface area contributed by atoms with Crippen molar-refractivity contribution in [1.29, 1.82) is 0 Å². The average Bonchev–Trinajstić information content (AvgIpc) is 2.68. The van der Waals surface area contributed by atoms with Gasteiger partial charge in [0.25, 0.3) is 0 Å². The second-order valence-corrected chi connectivity index (χ2v) is 6.55. The number of nitrogens with one attached hydrogen (secondary N) is 2. The summed E-state index contributed by atoms with van der Waals surface area (Å²) in [6.45, 7) is 0.929. The first kappa shape index (κ1) is 14.9. The van der Waals surface area contributed by atoms with Gasteiger partial charge in [0.2, 0.25) is 15.9 Å².